The minimum absolute atomic E-state index is 0.184. The monoisotopic (exact) mass is 445 g/mol. The highest BCUT2D eigenvalue weighted by atomic mass is 19.1. The van der Waals surface area contributed by atoms with Gasteiger partial charge in [-0.05, 0) is 60.4 Å². The van der Waals surface area contributed by atoms with Crippen molar-refractivity contribution >= 4 is 22.1 Å². The Morgan fingerprint density at radius 3 is 2.52 bits per heavy atom. The maximum absolute atomic E-state index is 13.8. The molecule has 0 radical (unpaired) electrons. The number of unbranched alkanes of at least 4 members (excludes halogenated alkanes) is 1. The largest absolute Gasteiger partial charge is 0.326 e. The van der Waals surface area contributed by atoms with E-state index in [0.29, 0.717) is 41.8 Å². The number of aromatic nitrogens is 5. The van der Waals surface area contributed by atoms with Gasteiger partial charge in [0.2, 0.25) is 0 Å². The van der Waals surface area contributed by atoms with Crippen LogP contribution in [0.4, 0.5) is 8.78 Å². The summed E-state index contributed by atoms with van der Waals surface area (Å²) < 4.78 is 30.1. The Labute approximate surface area is 188 Å². The fourth-order valence-electron chi connectivity index (χ4n) is 4.08. The number of halogens is 2. The van der Waals surface area contributed by atoms with Crippen molar-refractivity contribution in [2.75, 3.05) is 6.67 Å². The highest BCUT2D eigenvalue weighted by Crippen LogP contribution is 2.24. The average molecular weight is 445 g/mol. The van der Waals surface area contributed by atoms with E-state index >= 15 is 0 Å². The fraction of sp³-hybridized carbons (Fsp3) is 0.200. The third-order valence-electron chi connectivity index (χ3n) is 5.71. The lowest BCUT2D eigenvalue weighted by Gasteiger charge is -2.13. The molecular weight excluding hydrogens is 424 g/mol. The van der Waals surface area contributed by atoms with Crippen LogP contribution in [0, 0.1) is 5.82 Å². The standard InChI is InChI=1S/C25H21F2N5O/c26-9-1-2-12-31-22-6-4-19(27)14-21(22)30-24(31)16-32-23-13-18(17-7-10-28-11-8-17)3-5-20(23)29-15-25(32)33/h3-8,10-11,13-15H,1-2,9,12,16H2. The zero-order chi connectivity index (χ0) is 22.8. The topological polar surface area (TPSA) is 65.6 Å². The third-order valence-corrected chi connectivity index (χ3v) is 5.71. The number of benzene rings is 2. The van der Waals surface area contributed by atoms with E-state index in [-0.39, 0.29) is 17.9 Å². The molecule has 0 N–H and O–H groups in total. The lowest BCUT2D eigenvalue weighted by atomic mass is 10.1. The van der Waals surface area contributed by atoms with Gasteiger partial charge < -0.3 is 4.57 Å². The van der Waals surface area contributed by atoms with Gasteiger partial charge in [-0.2, -0.15) is 0 Å². The Morgan fingerprint density at radius 2 is 1.70 bits per heavy atom. The molecule has 0 unspecified atom stereocenters. The van der Waals surface area contributed by atoms with Crippen LogP contribution in [0.1, 0.15) is 18.7 Å². The molecule has 0 saturated heterocycles. The molecule has 0 spiro atoms. The number of alkyl halides is 1. The van der Waals surface area contributed by atoms with Crippen LogP contribution in [0.2, 0.25) is 0 Å². The normalized spacial score (nSPS) is 11.5. The molecule has 33 heavy (non-hydrogen) atoms. The summed E-state index contributed by atoms with van der Waals surface area (Å²) in [6.45, 7) is 0.313. The first-order chi connectivity index (χ1) is 16.1. The smallest absolute Gasteiger partial charge is 0.269 e. The van der Waals surface area contributed by atoms with Crippen molar-refractivity contribution in [2.45, 2.75) is 25.9 Å². The van der Waals surface area contributed by atoms with E-state index in [1.165, 1.54) is 18.3 Å². The summed E-state index contributed by atoms with van der Waals surface area (Å²) in [5.74, 6) is 0.231. The van der Waals surface area contributed by atoms with Gasteiger partial charge in [-0.25, -0.2) is 14.4 Å². The quantitative estimate of drug-likeness (QED) is 0.339. The molecule has 3 aromatic heterocycles. The first kappa shape index (κ1) is 20.9. The highest BCUT2D eigenvalue weighted by molar-refractivity contribution is 5.82. The number of imidazole rings is 1. The van der Waals surface area contributed by atoms with Gasteiger partial charge in [0.25, 0.3) is 5.56 Å². The zero-order valence-corrected chi connectivity index (χ0v) is 17.8. The molecule has 0 fully saturated rings. The summed E-state index contributed by atoms with van der Waals surface area (Å²) in [5, 5.41) is 0. The van der Waals surface area contributed by atoms with Crippen molar-refractivity contribution in [1.29, 1.82) is 0 Å². The van der Waals surface area contributed by atoms with Crippen LogP contribution in [0.15, 0.2) is 71.9 Å². The van der Waals surface area contributed by atoms with E-state index in [9.17, 15) is 13.6 Å². The van der Waals surface area contributed by atoms with Gasteiger partial charge in [-0.15, -0.1) is 0 Å². The fourth-order valence-corrected chi connectivity index (χ4v) is 4.08. The summed E-state index contributed by atoms with van der Waals surface area (Å²) in [6.07, 6.45) is 5.77. The van der Waals surface area contributed by atoms with Crippen LogP contribution in [-0.4, -0.2) is 30.8 Å². The SMILES string of the molecule is O=c1cnc2ccc(-c3ccncc3)cc2n1Cc1nc2cc(F)ccc2n1CCCCF. The van der Waals surface area contributed by atoms with Crippen molar-refractivity contribution < 1.29 is 8.78 Å². The van der Waals surface area contributed by atoms with E-state index in [4.69, 9.17) is 0 Å². The molecule has 0 aliphatic rings. The number of pyridine rings is 1. The van der Waals surface area contributed by atoms with E-state index in [2.05, 4.69) is 15.0 Å². The highest BCUT2D eigenvalue weighted by Gasteiger charge is 2.15. The zero-order valence-electron chi connectivity index (χ0n) is 17.8. The second-order valence-electron chi connectivity index (χ2n) is 7.83. The van der Waals surface area contributed by atoms with E-state index < -0.39 is 6.67 Å². The molecule has 8 heteroatoms. The minimum Gasteiger partial charge on any atom is -0.326 e. The number of fused-ring (bicyclic) bond motifs is 2. The van der Waals surface area contributed by atoms with Gasteiger partial charge >= 0.3 is 0 Å². The number of hydrogen-bond donors (Lipinski definition) is 0. The maximum Gasteiger partial charge on any atom is 0.269 e. The Balaban J connectivity index is 1.63. The van der Waals surface area contributed by atoms with Crippen molar-refractivity contribution in [3.63, 3.8) is 0 Å². The predicted molar refractivity (Wildman–Crippen MR) is 123 cm³/mol. The van der Waals surface area contributed by atoms with Gasteiger partial charge in [0.05, 0.1) is 41.5 Å². The Kier molecular flexibility index (Phi) is 5.64. The van der Waals surface area contributed by atoms with Gasteiger partial charge in [0.1, 0.15) is 11.6 Å². The summed E-state index contributed by atoms with van der Waals surface area (Å²) in [7, 11) is 0. The summed E-state index contributed by atoms with van der Waals surface area (Å²) in [6, 6.07) is 14.0. The van der Waals surface area contributed by atoms with Crippen LogP contribution in [0.3, 0.4) is 0 Å². The van der Waals surface area contributed by atoms with Gasteiger partial charge in [0, 0.05) is 25.0 Å². The second-order valence-corrected chi connectivity index (χ2v) is 7.83. The molecule has 0 atom stereocenters. The summed E-state index contributed by atoms with van der Waals surface area (Å²) in [4.78, 5) is 25.8. The minimum atomic E-state index is -0.400. The molecule has 3 heterocycles. The Bertz CT molecular complexity index is 1490. The second kappa shape index (κ2) is 8.90. The molecule has 0 aliphatic heterocycles. The third kappa shape index (κ3) is 4.11. The molecule has 0 bridgehead atoms. The van der Waals surface area contributed by atoms with Crippen LogP contribution in [-0.2, 0) is 13.1 Å². The average Bonchev–Trinajstić information content (AvgIpc) is 3.17. The van der Waals surface area contributed by atoms with Crippen molar-refractivity contribution in [1.82, 2.24) is 24.1 Å². The molecular formula is C25H21F2N5O. The Hall–Kier alpha value is -3.94. The molecule has 0 saturated carbocycles. The van der Waals surface area contributed by atoms with Gasteiger partial charge in [0.15, 0.2) is 0 Å². The predicted octanol–water partition coefficient (Wildman–Crippen LogP) is 4.75. The first-order valence-electron chi connectivity index (χ1n) is 10.7. The van der Waals surface area contributed by atoms with Crippen LogP contribution >= 0.6 is 0 Å². The van der Waals surface area contributed by atoms with Crippen molar-refractivity contribution in [2.24, 2.45) is 0 Å². The number of rotatable bonds is 7. The van der Waals surface area contributed by atoms with E-state index in [0.717, 1.165) is 16.6 Å². The molecule has 166 valence electrons. The van der Waals surface area contributed by atoms with Crippen LogP contribution < -0.4 is 5.56 Å². The summed E-state index contributed by atoms with van der Waals surface area (Å²) >= 11 is 0. The van der Waals surface area contributed by atoms with Crippen molar-refractivity contribution in [3.05, 3.63) is 89.1 Å². The van der Waals surface area contributed by atoms with Crippen LogP contribution in [0.5, 0.6) is 0 Å². The number of hydrogen-bond acceptors (Lipinski definition) is 4. The molecule has 0 amide bonds. The van der Waals surface area contributed by atoms with Gasteiger partial charge in [-0.3, -0.25) is 18.7 Å². The maximum atomic E-state index is 13.8. The van der Waals surface area contributed by atoms with Crippen LogP contribution in [0.25, 0.3) is 33.2 Å². The molecule has 0 aliphatic carbocycles. The van der Waals surface area contributed by atoms with Gasteiger partial charge in [-0.1, -0.05) is 6.07 Å². The summed E-state index contributed by atoms with van der Waals surface area (Å²) in [5.41, 5.74) is 4.27. The lowest BCUT2D eigenvalue weighted by molar-refractivity contribution is 0.446. The van der Waals surface area contributed by atoms with E-state index in [1.807, 2.05) is 34.9 Å². The van der Waals surface area contributed by atoms with Crippen molar-refractivity contribution in [3.8, 4) is 11.1 Å². The lowest BCUT2D eigenvalue weighted by Crippen LogP contribution is -2.23. The van der Waals surface area contributed by atoms with E-state index in [1.54, 1.807) is 23.0 Å². The molecule has 5 aromatic rings. The molecule has 5 rings (SSSR count). The number of nitrogens with zero attached hydrogens (tertiary/aromatic N) is 5. The molecule has 2 aromatic carbocycles. The first-order valence-corrected chi connectivity index (χ1v) is 10.7. The molecule has 6 nitrogen and oxygen atoms in total. The number of aryl methyl sites for hydroxylation is 1. The Morgan fingerprint density at radius 1 is 0.848 bits per heavy atom.